The van der Waals surface area contributed by atoms with Gasteiger partial charge in [0.25, 0.3) is 0 Å². The fraction of sp³-hybridized carbons (Fsp3) is 0.769. The Bertz CT molecular complexity index is 549. The molecule has 120 valence electrons. The molecular formula is C13H19N5O4. The van der Waals surface area contributed by atoms with Gasteiger partial charge in [-0.15, -0.1) is 5.10 Å². The summed E-state index contributed by atoms with van der Waals surface area (Å²) in [6.07, 6.45) is 2.87. The number of methoxy groups -OCH3 is 1. The van der Waals surface area contributed by atoms with Crippen molar-refractivity contribution in [1.29, 1.82) is 0 Å². The van der Waals surface area contributed by atoms with Crippen LogP contribution in [-0.4, -0.2) is 68.4 Å². The number of hydrogen-bond donors (Lipinski definition) is 0. The van der Waals surface area contributed by atoms with E-state index >= 15 is 0 Å². The van der Waals surface area contributed by atoms with Crippen molar-refractivity contribution >= 4 is 11.9 Å². The van der Waals surface area contributed by atoms with Gasteiger partial charge in [0.2, 0.25) is 5.91 Å². The molecule has 1 aromatic heterocycles. The van der Waals surface area contributed by atoms with Crippen LogP contribution in [0, 0.1) is 0 Å². The molecule has 0 aliphatic carbocycles. The minimum atomic E-state index is -0.589. The first-order valence-corrected chi connectivity index (χ1v) is 7.35. The lowest BCUT2D eigenvalue weighted by Gasteiger charge is -2.41. The quantitative estimate of drug-likeness (QED) is 0.686. The number of carbonyl (C=O) groups is 2. The van der Waals surface area contributed by atoms with Gasteiger partial charge in [0, 0.05) is 12.5 Å². The minimum Gasteiger partial charge on any atom is -0.467 e. The Morgan fingerprint density at radius 2 is 2.23 bits per heavy atom. The molecular weight excluding hydrogens is 290 g/mol. The van der Waals surface area contributed by atoms with Gasteiger partial charge in [-0.3, -0.25) is 4.79 Å². The lowest BCUT2D eigenvalue weighted by molar-refractivity contribution is -0.154. The summed E-state index contributed by atoms with van der Waals surface area (Å²) in [5, 5.41) is 10.8. The Hall–Kier alpha value is -2.03. The van der Waals surface area contributed by atoms with Gasteiger partial charge < -0.3 is 14.4 Å². The third kappa shape index (κ3) is 2.68. The molecule has 2 fully saturated rings. The molecule has 0 radical (unpaired) electrons. The molecule has 0 N–H and O–H groups in total. The first kappa shape index (κ1) is 14.9. The fourth-order valence-electron chi connectivity index (χ4n) is 3.34. The zero-order chi connectivity index (χ0) is 15.7. The maximum absolute atomic E-state index is 12.6. The van der Waals surface area contributed by atoms with E-state index in [9.17, 15) is 9.59 Å². The summed E-state index contributed by atoms with van der Waals surface area (Å²) in [4.78, 5) is 26.1. The Morgan fingerprint density at radius 1 is 1.41 bits per heavy atom. The van der Waals surface area contributed by atoms with E-state index in [-0.39, 0.29) is 36.6 Å². The van der Waals surface area contributed by atoms with Gasteiger partial charge >= 0.3 is 5.97 Å². The molecule has 2 aliphatic rings. The van der Waals surface area contributed by atoms with E-state index in [1.165, 1.54) is 18.1 Å². The number of rotatable bonds is 3. The summed E-state index contributed by atoms with van der Waals surface area (Å²) >= 11 is 0. The van der Waals surface area contributed by atoms with Gasteiger partial charge in [-0.1, -0.05) is 0 Å². The topological polar surface area (TPSA) is 99.4 Å². The van der Waals surface area contributed by atoms with Gasteiger partial charge in [0.05, 0.1) is 19.3 Å². The Morgan fingerprint density at radius 3 is 2.91 bits per heavy atom. The number of esters is 1. The number of carbonyl (C=O) groups excluding carboxylic acids is 2. The predicted molar refractivity (Wildman–Crippen MR) is 72.4 cm³/mol. The van der Waals surface area contributed by atoms with Crippen LogP contribution in [0.5, 0.6) is 0 Å². The standard InChI is InChI=1S/C13H19N5O4/c1-8-3-4-10-9(5-11(22-10)13(20)21-2)18(8)12(19)6-17-7-14-15-16-17/h7-11H,3-6H2,1-2H3. The van der Waals surface area contributed by atoms with Gasteiger partial charge in [-0.25, -0.2) is 9.48 Å². The van der Waals surface area contributed by atoms with Crippen LogP contribution < -0.4 is 0 Å². The highest BCUT2D eigenvalue weighted by atomic mass is 16.6. The lowest BCUT2D eigenvalue weighted by Crippen LogP contribution is -2.54. The zero-order valence-electron chi connectivity index (χ0n) is 12.6. The molecule has 9 heteroatoms. The molecule has 0 spiro atoms. The van der Waals surface area contributed by atoms with Gasteiger partial charge in [0.15, 0.2) is 6.10 Å². The van der Waals surface area contributed by atoms with Crippen LogP contribution in [0.4, 0.5) is 0 Å². The van der Waals surface area contributed by atoms with E-state index < -0.39 is 6.10 Å². The van der Waals surface area contributed by atoms with Crippen LogP contribution >= 0.6 is 0 Å². The van der Waals surface area contributed by atoms with Crippen molar-refractivity contribution in [3.63, 3.8) is 0 Å². The van der Waals surface area contributed by atoms with Gasteiger partial charge in [-0.2, -0.15) is 0 Å². The van der Waals surface area contributed by atoms with E-state index in [2.05, 4.69) is 15.5 Å². The van der Waals surface area contributed by atoms with Gasteiger partial charge in [-0.05, 0) is 30.2 Å². The second-order valence-corrected chi connectivity index (χ2v) is 5.72. The smallest absolute Gasteiger partial charge is 0.335 e. The Balaban J connectivity index is 1.74. The molecule has 3 rings (SSSR count). The second-order valence-electron chi connectivity index (χ2n) is 5.72. The molecule has 9 nitrogen and oxygen atoms in total. The average molecular weight is 309 g/mol. The molecule has 22 heavy (non-hydrogen) atoms. The highest BCUT2D eigenvalue weighted by molar-refractivity contribution is 5.78. The van der Waals surface area contributed by atoms with Crippen LogP contribution in [0.3, 0.4) is 0 Å². The maximum Gasteiger partial charge on any atom is 0.335 e. The number of nitrogens with zero attached hydrogens (tertiary/aromatic N) is 5. The van der Waals surface area contributed by atoms with Crippen molar-refractivity contribution in [1.82, 2.24) is 25.1 Å². The fourth-order valence-corrected chi connectivity index (χ4v) is 3.34. The molecule has 0 saturated carbocycles. The summed E-state index contributed by atoms with van der Waals surface area (Å²) in [5.74, 6) is -0.446. The third-order valence-electron chi connectivity index (χ3n) is 4.37. The molecule has 4 unspecified atom stereocenters. The van der Waals surface area contributed by atoms with Crippen LogP contribution in [0.1, 0.15) is 26.2 Å². The number of hydrogen-bond acceptors (Lipinski definition) is 7. The number of amides is 1. The molecule has 1 amide bonds. The summed E-state index contributed by atoms with van der Waals surface area (Å²) in [6.45, 7) is 2.10. The molecule has 3 heterocycles. The number of aromatic nitrogens is 4. The van der Waals surface area contributed by atoms with Crippen molar-refractivity contribution in [3.8, 4) is 0 Å². The monoisotopic (exact) mass is 309 g/mol. The highest BCUT2D eigenvalue weighted by Gasteiger charge is 2.47. The van der Waals surface area contributed by atoms with Crippen molar-refractivity contribution in [3.05, 3.63) is 6.33 Å². The largest absolute Gasteiger partial charge is 0.467 e. The summed E-state index contributed by atoms with van der Waals surface area (Å²) < 4.78 is 11.9. The lowest BCUT2D eigenvalue weighted by atomic mass is 9.92. The van der Waals surface area contributed by atoms with E-state index in [4.69, 9.17) is 9.47 Å². The van der Waals surface area contributed by atoms with Crippen molar-refractivity contribution in [2.75, 3.05) is 7.11 Å². The summed E-state index contributed by atoms with van der Waals surface area (Å²) in [6, 6.07) is 0.00191. The Kier molecular flexibility index (Phi) is 4.06. The SMILES string of the molecule is COC(=O)C1CC2C(CCC(C)N2C(=O)Cn2cnnn2)O1. The first-order chi connectivity index (χ1) is 10.6. The minimum absolute atomic E-state index is 0.0661. The van der Waals surface area contributed by atoms with Crippen LogP contribution in [0.2, 0.25) is 0 Å². The number of likely N-dealkylation sites (tertiary alicyclic amines) is 1. The molecule has 2 saturated heterocycles. The molecule has 0 bridgehead atoms. The van der Waals surface area contributed by atoms with Gasteiger partial charge in [0.1, 0.15) is 12.9 Å². The van der Waals surface area contributed by atoms with Crippen LogP contribution in [0.15, 0.2) is 6.33 Å². The van der Waals surface area contributed by atoms with Crippen molar-refractivity contribution < 1.29 is 19.1 Å². The molecule has 2 aliphatic heterocycles. The number of tetrazole rings is 1. The van der Waals surface area contributed by atoms with E-state index in [1.54, 1.807) is 0 Å². The number of piperidine rings is 1. The number of fused-ring (bicyclic) bond motifs is 1. The number of ether oxygens (including phenoxy) is 2. The van der Waals surface area contributed by atoms with Crippen molar-refractivity contribution in [2.45, 2.75) is 57.0 Å². The normalized spacial score (nSPS) is 30.9. The van der Waals surface area contributed by atoms with Crippen LogP contribution in [0.25, 0.3) is 0 Å². The molecule has 4 atom stereocenters. The highest BCUT2D eigenvalue weighted by Crippen LogP contribution is 2.35. The van der Waals surface area contributed by atoms with E-state index in [0.29, 0.717) is 6.42 Å². The summed E-state index contributed by atoms with van der Waals surface area (Å²) in [5.41, 5.74) is 0. The molecule has 1 aromatic rings. The Labute approximate surface area is 127 Å². The average Bonchev–Trinajstić information content (AvgIpc) is 3.15. The predicted octanol–water partition coefficient (Wildman–Crippen LogP) is -0.617. The third-order valence-corrected chi connectivity index (χ3v) is 4.37. The van der Waals surface area contributed by atoms with Crippen molar-refractivity contribution in [2.24, 2.45) is 0 Å². The van der Waals surface area contributed by atoms with E-state index in [0.717, 1.165) is 12.8 Å². The first-order valence-electron chi connectivity index (χ1n) is 7.35. The van der Waals surface area contributed by atoms with E-state index in [1.807, 2.05) is 11.8 Å². The maximum atomic E-state index is 12.6. The van der Waals surface area contributed by atoms with Crippen LogP contribution in [-0.2, 0) is 25.6 Å². The second kappa shape index (κ2) is 5.99. The molecule has 0 aromatic carbocycles. The zero-order valence-corrected chi connectivity index (χ0v) is 12.6. The summed E-state index contributed by atoms with van der Waals surface area (Å²) in [7, 11) is 1.34.